The Morgan fingerprint density at radius 2 is 1.68 bits per heavy atom. The van der Waals surface area contributed by atoms with E-state index in [1.807, 2.05) is 12.1 Å². The summed E-state index contributed by atoms with van der Waals surface area (Å²) in [6.07, 6.45) is 2.81. The molecule has 0 atom stereocenters. The molecule has 2 aromatic carbocycles. The number of benzene rings is 2. The van der Waals surface area contributed by atoms with Gasteiger partial charge < -0.3 is 0 Å². The number of carbonyl (C=O) groups excluding carboxylic acids is 1. The van der Waals surface area contributed by atoms with Crippen LogP contribution < -0.4 is 0 Å². The zero-order chi connectivity index (χ0) is 13.7. The Morgan fingerprint density at radius 1 is 0.947 bits per heavy atom. The van der Waals surface area contributed by atoms with Gasteiger partial charge in [0.05, 0.1) is 0 Å². The van der Waals surface area contributed by atoms with Gasteiger partial charge in [-0.2, -0.15) is 0 Å². The van der Waals surface area contributed by atoms with Gasteiger partial charge in [0.25, 0.3) is 0 Å². The number of carbonyl (C=O) groups is 1. The molecule has 0 saturated heterocycles. The van der Waals surface area contributed by atoms with Gasteiger partial charge in [-0.05, 0) is 35.6 Å². The molecule has 0 saturated carbocycles. The third kappa shape index (κ3) is 3.78. The Kier molecular flexibility index (Phi) is 4.51. The van der Waals surface area contributed by atoms with E-state index < -0.39 is 0 Å². The monoisotopic (exact) mass is 252 g/mol. The number of hydrogen-bond acceptors (Lipinski definition) is 1. The number of aryl methyl sites for hydroxylation is 1. The third-order valence-electron chi connectivity index (χ3n) is 3.21. The summed E-state index contributed by atoms with van der Waals surface area (Å²) in [5.74, 6) is 0.206. The van der Waals surface area contributed by atoms with Crippen molar-refractivity contribution in [2.24, 2.45) is 0 Å². The Bertz CT molecular complexity index is 552. The molecule has 2 aromatic rings. The molecule has 0 radical (unpaired) electrons. The molecule has 0 aliphatic heterocycles. The van der Waals surface area contributed by atoms with Crippen LogP contribution in [0.1, 0.15) is 31.4 Å². The number of ketones is 1. The Morgan fingerprint density at radius 3 is 2.32 bits per heavy atom. The van der Waals surface area contributed by atoms with Crippen LogP contribution in [-0.4, -0.2) is 5.78 Å². The molecule has 0 fully saturated rings. The lowest BCUT2D eigenvalue weighted by Crippen LogP contribution is -1.95. The van der Waals surface area contributed by atoms with E-state index in [-0.39, 0.29) is 5.78 Å². The van der Waals surface area contributed by atoms with Crippen LogP contribution in [0.3, 0.4) is 0 Å². The predicted molar refractivity (Wildman–Crippen MR) is 80.3 cm³/mol. The first-order valence-electron chi connectivity index (χ1n) is 6.86. The topological polar surface area (TPSA) is 17.1 Å². The van der Waals surface area contributed by atoms with Gasteiger partial charge in [0, 0.05) is 6.42 Å². The summed E-state index contributed by atoms with van der Waals surface area (Å²) in [7, 11) is 0. The van der Waals surface area contributed by atoms with E-state index in [1.165, 1.54) is 23.1 Å². The molecule has 0 N–H and O–H groups in total. The first-order valence-corrected chi connectivity index (χ1v) is 6.86. The molecule has 0 aromatic heterocycles. The molecule has 0 aliphatic carbocycles. The van der Waals surface area contributed by atoms with Crippen molar-refractivity contribution in [2.75, 3.05) is 0 Å². The van der Waals surface area contributed by atoms with Crippen molar-refractivity contribution >= 4 is 5.78 Å². The lowest BCUT2D eigenvalue weighted by atomic mass is 9.99. The molecule has 2 rings (SSSR count). The van der Waals surface area contributed by atoms with Crippen LogP contribution in [0.2, 0.25) is 0 Å². The highest BCUT2D eigenvalue weighted by Gasteiger charge is 2.01. The van der Waals surface area contributed by atoms with Gasteiger partial charge in [0.15, 0.2) is 0 Å². The molecule has 1 nitrogen and oxygen atoms in total. The maximum Gasteiger partial charge on any atom is 0.134 e. The fraction of sp³-hybridized carbons (Fsp3) is 0.278. The van der Waals surface area contributed by atoms with Gasteiger partial charge in [-0.3, -0.25) is 4.79 Å². The van der Waals surface area contributed by atoms with E-state index in [9.17, 15) is 4.79 Å². The van der Waals surface area contributed by atoms with Crippen molar-refractivity contribution in [3.63, 3.8) is 0 Å². The summed E-state index contributed by atoms with van der Waals surface area (Å²) < 4.78 is 0. The molecule has 0 unspecified atom stereocenters. The Hall–Kier alpha value is -1.89. The van der Waals surface area contributed by atoms with Gasteiger partial charge in [-0.25, -0.2) is 0 Å². The third-order valence-corrected chi connectivity index (χ3v) is 3.21. The van der Waals surface area contributed by atoms with Crippen LogP contribution in [0.25, 0.3) is 11.1 Å². The zero-order valence-corrected chi connectivity index (χ0v) is 11.6. The summed E-state index contributed by atoms with van der Waals surface area (Å²) in [5, 5.41) is 0. The van der Waals surface area contributed by atoms with E-state index in [1.54, 1.807) is 6.92 Å². The van der Waals surface area contributed by atoms with E-state index >= 15 is 0 Å². The lowest BCUT2D eigenvalue weighted by molar-refractivity contribution is -0.116. The zero-order valence-electron chi connectivity index (χ0n) is 11.6. The summed E-state index contributed by atoms with van der Waals surface area (Å²) in [6.45, 7) is 3.82. The lowest BCUT2D eigenvalue weighted by Gasteiger charge is -2.06. The SMILES string of the molecule is CCCc1cccc(-c2ccc(CC(C)=O)cc2)c1. The second-order valence-corrected chi connectivity index (χ2v) is 5.03. The number of hydrogen-bond donors (Lipinski definition) is 0. The average molecular weight is 252 g/mol. The standard InChI is InChI=1S/C18H20O/c1-3-5-15-6-4-7-18(13-15)17-10-8-16(9-11-17)12-14(2)19/h4,6-11,13H,3,5,12H2,1-2H3. The minimum absolute atomic E-state index is 0.206. The number of Topliss-reactive ketones (excluding diaryl/α,β-unsaturated/α-hetero) is 1. The van der Waals surface area contributed by atoms with E-state index in [0.29, 0.717) is 6.42 Å². The second-order valence-electron chi connectivity index (χ2n) is 5.03. The minimum atomic E-state index is 0.206. The van der Waals surface area contributed by atoms with Crippen LogP contribution in [0.5, 0.6) is 0 Å². The minimum Gasteiger partial charge on any atom is -0.300 e. The van der Waals surface area contributed by atoms with Gasteiger partial charge in [-0.15, -0.1) is 0 Å². The first kappa shape index (κ1) is 13.5. The van der Waals surface area contributed by atoms with Crippen molar-refractivity contribution < 1.29 is 4.79 Å². The van der Waals surface area contributed by atoms with E-state index in [4.69, 9.17) is 0 Å². The maximum absolute atomic E-state index is 11.1. The summed E-state index contributed by atoms with van der Waals surface area (Å²) in [6, 6.07) is 17.0. The summed E-state index contributed by atoms with van der Waals surface area (Å²) >= 11 is 0. The quantitative estimate of drug-likeness (QED) is 0.769. The second kappa shape index (κ2) is 6.33. The molecule has 19 heavy (non-hydrogen) atoms. The summed E-state index contributed by atoms with van der Waals surface area (Å²) in [5.41, 5.74) is 4.93. The van der Waals surface area contributed by atoms with Crippen LogP contribution in [0, 0.1) is 0 Å². The van der Waals surface area contributed by atoms with Crippen molar-refractivity contribution in [1.29, 1.82) is 0 Å². The number of rotatable bonds is 5. The molecule has 1 heteroatoms. The van der Waals surface area contributed by atoms with Crippen LogP contribution in [-0.2, 0) is 17.6 Å². The van der Waals surface area contributed by atoms with Crippen molar-refractivity contribution in [2.45, 2.75) is 33.1 Å². The highest BCUT2D eigenvalue weighted by molar-refractivity contribution is 5.78. The molecular formula is C18H20O. The molecule has 0 bridgehead atoms. The fourth-order valence-corrected chi connectivity index (χ4v) is 2.30. The van der Waals surface area contributed by atoms with E-state index in [2.05, 4.69) is 43.3 Å². The highest BCUT2D eigenvalue weighted by Crippen LogP contribution is 2.21. The van der Waals surface area contributed by atoms with Gasteiger partial charge in [0.2, 0.25) is 0 Å². The van der Waals surface area contributed by atoms with Crippen molar-refractivity contribution in [3.05, 3.63) is 59.7 Å². The van der Waals surface area contributed by atoms with Crippen LogP contribution >= 0.6 is 0 Å². The Labute approximate surface area is 115 Å². The van der Waals surface area contributed by atoms with Crippen molar-refractivity contribution in [3.8, 4) is 11.1 Å². The fourth-order valence-electron chi connectivity index (χ4n) is 2.30. The van der Waals surface area contributed by atoms with Gasteiger partial charge >= 0.3 is 0 Å². The highest BCUT2D eigenvalue weighted by atomic mass is 16.1. The molecular weight excluding hydrogens is 232 g/mol. The smallest absolute Gasteiger partial charge is 0.134 e. The first-order chi connectivity index (χ1) is 9.19. The maximum atomic E-state index is 11.1. The molecule has 0 amide bonds. The molecule has 98 valence electrons. The largest absolute Gasteiger partial charge is 0.300 e. The van der Waals surface area contributed by atoms with Crippen LogP contribution in [0.4, 0.5) is 0 Å². The van der Waals surface area contributed by atoms with E-state index in [0.717, 1.165) is 12.0 Å². The molecule has 0 spiro atoms. The normalized spacial score (nSPS) is 10.4. The predicted octanol–water partition coefficient (Wildman–Crippen LogP) is 4.44. The average Bonchev–Trinajstić information content (AvgIpc) is 2.40. The molecule has 0 aliphatic rings. The van der Waals surface area contributed by atoms with Gasteiger partial charge in [0.1, 0.15) is 5.78 Å². The Balaban J connectivity index is 2.21. The van der Waals surface area contributed by atoms with Crippen molar-refractivity contribution in [1.82, 2.24) is 0 Å². The summed E-state index contributed by atoms with van der Waals surface area (Å²) in [4.78, 5) is 11.1. The van der Waals surface area contributed by atoms with Gasteiger partial charge in [-0.1, -0.05) is 61.9 Å². The van der Waals surface area contributed by atoms with Crippen LogP contribution in [0.15, 0.2) is 48.5 Å². The molecule has 0 heterocycles.